The summed E-state index contributed by atoms with van der Waals surface area (Å²) in [7, 11) is 0. The molecule has 5 heteroatoms. The molecule has 4 nitrogen and oxygen atoms in total. The van der Waals surface area contributed by atoms with Crippen molar-refractivity contribution in [3.8, 4) is 56.3 Å². The largest absolute Gasteiger partial charge is 0.304 e. The summed E-state index contributed by atoms with van der Waals surface area (Å²) >= 11 is 0. The van der Waals surface area contributed by atoms with E-state index in [0.717, 1.165) is 47.5 Å². The number of hydrogen-bond acceptors (Lipinski definition) is 4. The maximum atomic E-state index is 5.17. The fourth-order valence-electron chi connectivity index (χ4n) is 11.4. The van der Waals surface area contributed by atoms with Crippen LogP contribution in [0.5, 0.6) is 0 Å². The Hall–Kier alpha value is -5.61. The monoisotopic (exact) mass is 1160 g/mol. The Morgan fingerprint density at radius 2 is 1.04 bits per heavy atom. The summed E-state index contributed by atoms with van der Waals surface area (Å²) in [5.41, 5.74) is 14.8. The van der Waals surface area contributed by atoms with Crippen LogP contribution in [0.4, 0.5) is 0 Å². The maximum absolute atomic E-state index is 5.17. The minimum absolute atomic E-state index is 0. The standard InChI is InChI=1S/C69H79N4.Ir/c1-6-8-10-12-16-25-44-69(45-26-17-13-11-9-7-2)62-48-56(54-35-27-32-52(46-54)31-20-15-14-19-28-51-29-21-18-22-30-51)38-41-60(62)61-42-39-57(49-63(61)69)64-43-40-59(50-70-64)66-71-65(72-67(73-66)68(3,4)5)58-37-36-53-33-23-24-34-55(53)47-58;/h18,21-24,27,29-30,32-38,40-43,46-50H,6-17,19-20,25-26,28,31,44-45H2,1-5H3;/q-1;. The van der Waals surface area contributed by atoms with Gasteiger partial charge in [-0.1, -0.05) is 257 Å². The molecule has 385 valence electrons. The van der Waals surface area contributed by atoms with Gasteiger partial charge in [0.15, 0.2) is 11.6 Å². The van der Waals surface area contributed by atoms with Crippen LogP contribution in [0.25, 0.3) is 67.1 Å². The molecule has 0 aliphatic heterocycles. The van der Waals surface area contributed by atoms with Gasteiger partial charge in [-0.05, 0) is 88.9 Å². The van der Waals surface area contributed by atoms with Crippen LogP contribution in [0.3, 0.4) is 0 Å². The van der Waals surface area contributed by atoms with E-state index in [1.807, 2.05) is 6.20 Å². The predicted molar refractivity (Wildman–Crippen MR) is 309 cm³/mol. The molecular formula is C69H79IrN4-. The first-order valence-corrected chi connectivity index (χ1v) is 28.3. The fourth-order valence-corrected chi connectivity index (χ4v) is 11.4. The Kier molecular flexibility index (Phi) is 19.4. The van der Waals surface area contributed by atoms with Crippen molar-refractivity contribution in [1.29, 1.82) is 0 Å². The van der Waals surface area contributed by atoms with E-state index in [9.17, 15) is 0 Å². The number of nitrogens with zero attached hydrogens (tertiary/aromatic N) is 4. The maximum Gasteiger partial charge on any atom is 0.165 e. The third-order valence-corrected chi connectivity index (χ3v) is 15.6. The van der Waals surface area contributed by atoms with E-state index in [-0.39, 0.29) is 30.9 Å². The van der Waals surface area contributed by atoms with E-state index >= 15 is 0 Å². The first kappa shape index (κ1) is 54.6. The number of benzene rings is 6. The second-order valence-corrected chi connectivity index (χ2v) is 22.2. The topological polar surface area (TPSA) is 51.6 Å². The van der Waals surface area contributed by atoms with Gasteiger partial charge in [-0.25, -0.2) is 15.0 Å². The van der Waals surface area contributed by atoms with E-state index in [0.29, 0.717) is 11.6 Å². The Labute approximate surface area is 458 Å². The molecule has 9 rings (SSSR count). The second-order valence-electron chi connectivity index (χ2n) is 22.2. The minimum Gasteiger partial charge on any atom is -0.304 e. The summed E-state index contributed by atoms with van der Waals surface area (Å²) in [6.07, 6.45) is 27.1. The average molecular weight is 1160 g/mol. The van der Waals surface area contributed by atoms with E-state index < -0.39 is 0 Å². The summed E-state index contributed by atoms with van der Waals surface area (Å²) in [5.74, 6) is 2.09. The smallest absolute Gasteiger partial charge is 0.165 e. The zero-order valence-electron chi connectivity index (χ0n) is 45.1. The quantitative estimate of drug-likeness (QED) is 0.0423. The number of hydrogen-bond donors (Lipinski definition) is 0. The third kappa shape index (κ3) is 13.4. The van der Waals surface area contributed by atoms with Gasteiger partial charge in [0.25, 0.3) is 0 Å². The van der Waals surface area contributed by atoms with Crippen LogP contribution in [-0.4, -0.2) is 19.9 Å². The molecule has 0 amide bonds. The number of rotatable bonds is 25. The van der Waals surface area contributed by atoms with E-state index in [1.54, 1.807) is 0 Å². The van der Waals surface area contributed by atoms with Crippen molar-refractivity contribution in [1.82, 2.24) is 19.9 Å². The number of unbranched alkanes of at least 4 members (excludes halogenated alkanes) is 13. The molecule has 8 aromatic rings. The van der Waals surface area contributed by atoms with Crippen molar-refractivity contribution in [2.24, 2.45) is 0 Å². The fraction of sp³-hybridized carbons (Fsp3) is 0.391. The number of fused-ring (bicyclic) bond motifs is 4. The molecular weight excluding hydrogens is 1080 g/mol. The van der Waals surface area contributed by atoms with Crippen molar-refractivity contribution in [3.63, 3.8) is 0 Å². The summed E-state index contributed by atoms with van der Waals surface area (Å²) in [6, 6.07) is 55.5. The molecule has 1 aliphatic rings. The minimum atomic E-state index is -0.265. The van der Waals surface area contributed by atoms with Gasteiger partial charge in [0.2, 0.25) is 0 Å². The molecule has 6 aromatic carbocycles. The molecule has 2 aromatic heterocycles. The van der Waals surface area contributed by atoms with E-state index in [4.69, 9.17) is 19.9 Å². The van der Waals surface area contributed by atoms with Crippen molar-refractivity contribution >= 4 is 10.8 Å². The van der Waals surface area contributed by atoms with Crippen LogP contribution in [0.1, 0.15) is 178 Å². The zero-order chi connectivity index (χ0) is 50.5. The van der Waals surface area contributed by atoms with E-state index in [2.05, 4.69) is 180 Å². The Balaban J connectivity index is 0.00000729. The molecule has 1 radical (unpaired) electrons. The van der Waals surface area contributed by atoms with Gasteiger partial charge in [-0.3, -0.25) is 0 Å². The SMILES string of the molecule is CCCCCCCCC1(CCCCCCCC)c2cc(-c3ccc(-c4nc(-c5ccc6ccccc6c5)nc(C(C)(C)C)n4)cn3)[c-]cc2-c2ccc(-c3cccc(CCCCCCc4ccccc4)c3)cc21.[Ir]. The Bertz CT molecular complexity index is 3030. The van der Waals surface area contributed by atoms with Gasteiger partial charge < -0.3 is 4.98 Å². The molecule has 0 saturated heterocycles. The summed E-state index contributed by atoms with van der Waals surface area (Å²) in [6.45, 7) is 11.1. The normalized spacial score (nSPS) is 12.7. The van der Waals surface area contributed by atoms with Crippen LogP contribution in [0, 0.1) is 6.07 Å². The van der Waals surface area contributed by atoms with Gasteiger partial charge in [0.1, 0.15) is 5.82 Å². The van der Waals surface area contributed by atoms with Gasteiger partial charge in [0.05, 0.1) is 0 Å². The molecule has 0 N–H and O–H groups in total. The first-order chi connectivity index (χ1) is 35.7. The zero-order valence-corrected chi connectivity index (χ0v) is 47.5. The Morgan fingerprint density at radius 3 is 1.73 bits per heavy atom. The van der Waals surface area contributed by atoms with E-state index in [1.165, 1.54) is 164 Å². The van der Waals surface area contributed by atoms with Crippen molar-refractivity contribution in [3.05, 3.63) is 180 Å². The molecule has 2 heterocycles. The van der Waals surface area contributed by atoms with Crippen LogP contribution in [-0.2, 0) is 43.8 Å². The molecule has 0 atom stereocenters. The van der Waals surface area contributed by atoms with Crippen LogP contribution >= 0.6 is 0 Å². The molecule has 74 heavy (non-hydrogen) atoms. The van der Waals surface area contributed by atoms with Crippen LogP contribution < -0.4 is 0 Å². The van der Waals surface area contributed by atoms with Gasteiger partial charge in [0, 0.05) is 48.3 Å². The third-order valence-electron chi connectivity index (χ3n) is 15.6. The molecule has 1 aliphatic carbocycles. The van der Waals surface area contributed by atoms with Crippen LogP contribution in [0.15, 0.2) is 146 Å². The van der Waals surface area contributed by atoms with Crippen molar-refractivity contribution in [2.45, 2.75) is 174 Å². The van der Waals surface area contributed by atoms with Crippen LogP contribution in [0.2, 0.25) is 0 Å². The number of aryl methyl sites for hydroxylation is 2. The van der Waals surface area contributed by atoms with Gasteiger partial charge in [-0.15, -0.1) is 29.3 Å². The summed E-state index contributed by atoms with van der Waals surface area (Å²) < 4.78 is 0. The second kappa shape index (κ2) is 26.2. The molecule has 0 saturated carbocycles. The first-order valence-electron chi connectivity index (χ1n) is 28.3. The number of pyridine rings is 1. The van der Waals surface area contributed by atoms with Gasteiger partial charge >= 0.3 is 0 Å². The number of aromatic nitrogens is 4. The Morgan fingerprint density at radius 1 is 0.459 bits per heavy atom. The van der Waals surface area contributed by atoms with Gasteiger partial charge in [-0.2, -0.15) is 0 Å². The predicted octanol–water partition coefficient (Wildman–Crippen LogP) is 19.3. The summed E-state index contributed by atoms with van der Waals surface area (Å²) in [5, 5.41) is 2.36. The molecule has 0 spiro atoms. The average Bonchev–Trinajstić information content (AvgIpc) is 3.71. The molecule has 0 bridgehead atoms. The molecule has 0 fully saturated rings. The summed E-state index contributed by atoms with van der Waals surface area (Å²) in [4.78, 5) is 20.3. The van der Waals surface area contributed by atoms with Crippen molar-refractivity contribution < 1.29 is 20.1 Å². The molecule has 0 unspecified atom stereocenters. The van der Waals surface area contributed by atoms with Crippen molar-refractivity contribution in [2.75, 3.05) is 0 Å².